The first-order valence-corrected chi connectivity index (χ1v) is 5.60. The zero-order chi connectivity index (χ0) is 11.7. The lowest BCUT2D eigenvalue weighted by atomic mass is 10.1. The molecule has 2 aromatic rings. The maximum atomic E-state index is 11.9. The molecule has 0 aliphatic rings. The van der Waals surface area contributed by atoms with Crippen LogP contribution in [0.2, 0.25) is 5.22 Å². The number of hydrogen-bond acceptors (Lipinski definition) is 3. The summed E-state index contributed by atoms with van der Waals surface area (Å²) in [5.74, 6) is -0.0192. The van der Waals surface area contributed by atoms with Crippen LogP contribution >= 0.6 is 27.5 Å². The molecule has 0 atom stereocenters. The molecule has 2 N–H and O–H groups in total. The summed E-state index contributed by atoms with van der Waals surface area (Å²) >= 11 is 8.86. The number of carbonyl (C=O) groups is 1. The van der Waals surface area contributed by atoms with Gasteiger partial charge in [0.15, 0.2) is 11.0 Å². The van der Waals surface area contributed by atoms with Crippen molar-refractivity contribution in [1.29, 1.82) is 0 Å². The SMILES string of the molecule is Nc1ccc(C(=O)c2ccc(Cl)o2)cc1Br. The van der Waals surface area contributed by atoms with Gasteiger partial charge >= 0.3 is 0 Å². The summed E-state index contributed by atoms with van der Waals surface area (Å²) in [7, 11) is 0. The topological polar surface area (TPSA) is 56.2 Å². The van der Waals surface area contributed by atoms with Gasteiger partial charge < -0.3 is 10.2 Å². The van der Waals surface area contributed by atoms with Crippen LogP contribution in [0.3, 0.4) is 0 Å². The van der Waals surface area contributed by atoms with Gasteiger partial charge in [-0.15, -0.1) is 0 Å². The molecule has 0 spiro atoms. The van der Waals surface area contributed by atoms with Crippen molar-refractivity contribution in [2.45, 2.75) is 0 Å². The molecule has 1 heterocycles. The molecule has 3 nitrogen and oxygen atoms in total. The molecular weight excluding hydrogens is 293 g/mol. The molecule has 0 saturated heterocycles. The number of nitrogen functional groups attached to an aromatic ring is 1. The van der Waals surface area contributed by atoms with Crippen molar-refractivity contribution < 1.29 is 9.21 Å². The monoisotopic (exact) mass is 299 g/mol. The van der Waals surface area contributed by atoms with Crippen molar-refractivity contribution in [3.05, 3.63) is 51.3 Å². The Kier molecular flexibility index (Phi) is 3.03. The third kappa shape index (κ3) is 2.13. The minimum atomic E-state index is -0.229. The Morgan fingerprint density at radius 3 is 2.62 bits per heavy atom. The fraction of sp³-hybridized carbons (Fsp3) is 0. The summed E-state index contributed by atoms with van der Waals surface area (Å²) in [6.07, 6.45) is 0. The summed E-state index contributed by atoms with van der Waals surface area (Å²) in [6.45, 7) is 0. The molecular formula is C11H7BrClNO2. The van der Waals surface area contributed by atoms with Crippen molar-refractivity contribution >= 4 is 39.0 Å². The van der Waals surface area contributed by atoms with E-state index in [0.717, 1.165) is 0 Å². The van der Waals surface area contributed by atoms with E-state index >= 15 is 0 Å². The number of ketones is 1. The zero-order valence-electron chi connectivity index (χ0n) is 8.04. The summed E-state index contributed by atoms with van der Waals surface area (Å²) in [4.78, 5) is 11.9. The molecule has 0 radical (unpaired) electrons. The van der Waals surface area contributed by atoms with E-state index < -0.39 is 0 Å². The predicted molar refractivity (Wildman–Crippen MR) is 65.7 cm³/mol. The molecule has 0 aliphatic heterocycles. The van der Waals surface area contributed by atoms with Gasteiger partial charge in [-0.05, 0) is 57.9 Å². The number of carbonyl (C=O) groups excluding carboxylic acids is 1. The van der Waals surface area contributed by atoms with E-state index in [1.54, 1.807) is 18.2 Å². The van der Waals surface area contributed by atoms with E-state index in [1.165, 1.54) is 12.1 Å². The normalized spacial score (nSPS) is 10.4. The zero-order valence-corrected chi connectivity index (χ0v) is 10.4. The fourth-order valence-electron chi connectivity index (χ4n) is 1.25. The molecule has 1 aromatic carbocycles. The highest BCUT2D eigenvalue weighted by Gasteiger charge is 2.14. The van der Waals surface area contributed by atoms with Crippen molar-refractivity contribution in [3.8, 4) is 0 Å². The Labute approximate surface area is 105 Å². The van der Waals surface area contributed by atoms with Crippen LogP contribution in [0, 0.1) is 0 Å². The van der Waals surface area contributed by atoms with Crippen LogP contribution in [-0.4, -0.2) is 5.78 Å². The fourth-order valence-corrected chi connectivity index (χ4v) is 1.77. The lowest BCUT2D eigenvalue weighted by molar-refractivity contribution is 0.101. The Morgan fingerprint density at radius 1 is 1.31 bits per heavy atom. The highest BCUT2D eigenvalue weighted by molar-refractivity contribution is 9.10. The van der Waals surface area contributed by atoms with Gasteiger partial charge in [0.2, 0.25) is 5.78 Å². The first kappa shape index (κ1) is 11.2. The molecule has 0 amide bonds. The largest absolute Gasteiger partial charge is 0.441 e. The maximum absolute atomic E-state index is 11.9. The molecule has 82 valence electrons. The van der Waals surface area contributed by atoms with Crippen LogP contribution in [0.1, 0.15) is 16.1 Å². The molecule has 0 saturated carbocycles. The Bertz CT molecular complexity index is 551. The van der Waals surface area contributed by atoms with Gasteiger partial charge in [-0.25, -0.2) is 0 Å². The minimum absolute atomic E-state index is 0.192. The standard InChI is InChI=1S/C11H7BrClNO2/c12-7-5-6(1-2-8(7)14)11(15)9-3-4-10(13)16-9/h1-5H,14H2. The van der Waals surface area contributed by atoms with Gasteiger partial charge in [-0.3, -0.25) is 4.79 Å². The van der Waals surface area contributed by atoms with Crippen LogP contribution in [0.5, 0.6) is 0 Å². The summed E-state index contributed by atoms with van der Waals surface area (Å²) in [5.41, 5.74) is 6.70. The smallest absolute Gasteiger partial charge is 0.228 e. The Balaban J connectivity index is 2.38. The number of furan rings is 1. The summed E-state index contributed by atoms with van der Waals surface area (Å²) in [6, 6.07) is 8.00. The van der Waals surface area contributed by atoms with Gasteiger partial charge in [0.25, 0.3) is 0 Å². The quantitative estimate of drug-likeness (QED) is 0.682. The second-order valence-electron chi connectivity index (χ2n) is 3.17. The van der Waals surface area contributed by atoms with Gasteiger partial charge in [0, 0.05) is 15.7 Å². The van der Waals surface area contributed by atoms with E-state index in [-0.39, 0.29) is 16.8 Å². The highest BCUT2D eigenvalue weighted by atomic mass is 79.9. The number of hydrogen-bond donors (Lipinski definition) is 1. The molecule has 2 rings (SSSR count). The van der Waals surface area contributed by atoms with E-state index in [9.17, 15) is 4.79 Å². The van der Waals surface area contributed by atoms with Crippen LogP contribution in [0.15, 0.2) is 39.2 Å². The van der Waals surface area contributed by atoms with E-state index in [1.807, 2.05) is 0 Å². The average Bonchev–Trinajstić information content (AvgIpc) is 2.68. The van der Waals surface area contributed by atoms with E-state index in [2.05, 4.69) is 15.9 Å². The first-order valence-electron chi connectivity index (χ1n) is 4.43. The summed E-state index contributed by atoms with van der Waals surface area (Å²) < 4.78 is 5.72. The first-order chi connectivity index (χ1) is 7.58. The maximum Gasteiger partial charge on any atom is 0.228 e. The average molecular weight is 301 g/mol. The summed E-state index contributed by atoms with van der Waals surface area (Å²) in [5, 5.41) is 0.192. The minimum Gasteiger partial charge on any atom is -0.441 e. The van der Waals surface area contributed by atoms with Gasteiger partial charge in [0.05, 0.1) is 0 Å². The second-order valence-corrected chi connectivity index (χ2v) is 4.40. The lowest BCUT2D eigenvalue weighted by Gasteiger charge is -2.01. The highest BCUT2D eigenvalue weighted by Crippen LogP contribution is 2.23. The van der Waals surface area contributed by atoms with Gasteiger partial charge in [-0.2, -0.15) is 0 Å². The van der Waals surface area contributed by atoms with Crippen LogP contribution in [0.4, 0.5) is 5.69 Å². The number of benzene rings is 1. The van der Waals surface area contributed by atoms with Crippen molar-refractivity contribution in [1.82, 2.24) is 0 Å². The number of rotatable bonds is 2. The lowest BCUT2D eigenvalue weighted by Crippen LogP contribution is -2.00. The van der Waals surface area contributed by atoms with Crippen molar-refractivity contribution in [2.24, 2.45) is 0 Å². The third-order valence-electron chi connectivity index (χ3n) is 2.06. The van der Waals surface area contributed by atoms with E-state index in [0.29, 0.717) is 15.7 Å². The molecule has 0 aliphatic carbocycles. The molecule has 0 bridgehead atoms. The van der Waals surface area contributed by atoms with Crippen LogP contribution < -0.4 is 5.73 Å². The Hall–Kier alpha value is -1.26. The number of halogens is 2. The van der Waals surface area contributed by atoms with Crippen molar-refractivity contribution in [2.75, 3.05) is 5.73 Å². The van der Waals surface area contributed by atoms with Gasteiger partial charge in [0.1, 0.15) is 0 Å². The van der Waals surface area contributed by atoms with Crippen LogP contribution in [0.25, 0.3) is 0 Å². The third-order valence-corrected chi connectivity index (χ3v) is 2.95. The molecule has 5 heteroatoms. The van der Waals surface area contributed by atoms with E-state index in [4.69, 9.17) is 21.8 Å². The second kappa shape index (κ2) is 4.31. The van der Waals surface area contributed by atoms with Gasteiger partial charge in [-0.1, -0.05) is 0 Å². The number of anilines is 1. The number of nitrogens with two attached hydrogens (primary N) is 1. The van der Waals surface area contributed by atoms with Crippen molar-refractivity contribution in [3.63, 3.8) is 0 Å². The molecule has 0 fully saturated rings. The molecule has 0 unspecified atom stereocenters. The predicted octanol–water partition coefficient (Wildman–Crippen LogP) is 3.51. The Morgan fingerprint density at radius 2 is 2.06 bits per heavy atom. The molecule has 16 heavy (non-hydrogen) atoms. The molecule has 1 aromatic heterocycles. The van der Waals surface area contributed by atoms with Crippen LogP contribution in [-0.2, 0) is 0 Å².